The molecular formula is C13H17F3N2. The van der Waals surface area contributed by atoms with E-state index in [-0.39, 0.29) is 5.69 Å². The Morgan fingerprint density at radius 1 is 1.22 bits per heavy atom. The first-order valence-electron chi connectivity index (χ1n) is 6.16. The minimum absolute atomic E-state index is 0.283. The second-order valence-electron chi connectivity index (χ2n) is 4.76. The Morgan fingerprint density at radius 3 is 2.50 bits per heavy atom. The summed E-state index contributed by atoms with van der Waals surface area (Å²) in [5.41, 5.74) is 0.283. The molecule has 1 aromatic rings. The van der Waals surface area contributed by atoms with Crippen LogP contribution in [0.5, 0.6) is 0 Å². The number of benzene rings is 1. The van der Waals surface area contributed by atoms with Gasteiger partial charge in [-0.15, -0.1) is 0 Å². The molecule has 1 saturated heterocycles. The molecule has 0 aromatic heterocycles. The molecule has 1 heterocycles. The highest BCUT2D eigenvalue weighted by Crippen LogP contribution is 2.19. The van der Waals surface area contributed by atoms with Crippen LogP contribution in [0, 0.1) is 17.5 Å². The van der Waals surface area contributed by atoms with Crippen LogP contribution in [0.1, 0.15) is 19.3 Å². The summed E-state index contributed by atoms with van der Waals surface area (Å²) < 4.78 is 38.8. The molecule has 0 amide bonds. The smallest absolute Gasteiger partial charge is 0.194 e. The van der Waals surface area contributed by atoms with E-state index in [1.807, 2.05) is 7.05 Å². The predicted molar refractivity (Wildman–Crippen MR) is 65.1 cm³/mol. The fourth-order valence-electron chi connectivity index (χ4n) is 2.30. The van der Waals surface area contributed by atoms with Gasteiger partial charge in [0.05, 0.1) is 0 Å². The van der Waals surface area contributed by atoms with E-state index in [4.69, 9.17) is 0 Å². The van der Waals surface area contributed by atoms with E-state index in [2.05, 4.69) is 10.2 Å². The minimum Gasteiger partial charge on any atom is -0.383 e. The highest BCUT2D eigenvalue weighted by molar-refractivity contribution is 5.44. The van der Waals surface area contributed by atoms with Gasteiger partial charge in [-0.3, -0.25) is 0 Å². The average molecular weight is 258 g/mol. The number of halogens is 3. The topological polar surface area (TPSA) is 15.3 Å². The maximum Gasteiger partial charge on any atom is 0.194 e. The number of anilines is 1. The third-order valence-corrected chi connectivity index (χ3v) is 3.45. The summed E-state index contributed by atoms with van der Waals surface area (Å²) in [6.07, 6.45) is 3.42. The van der Waals surface area contributed by atoms with Gasteiger partial charge in [0.2, 0.25) is 0 Å². The average Bonchev–Trinajstić information content (AvgIpc) is 2.35. The van der Waals surface area contributed by atoms with Crippen LogP contribution in [-0.2, 0) is 0 Å². The summed E-state index contributed by atoms with van der Waals surface area (Å²) in [5, 5.41) is 2.97. The number of likely N-dealkylation sites (tertiary alicyclic amines) is 1. The van der Waals surface area contributed by atoms with Crippen molar-refractivity contribution in [2.45, 2.75) is 25.3 Å². The summed E-state index contributed by atoms with van der Waals surface area (Å²) in [6.45, 7) is 1.65. The second kappa shape index (κ2) is 5.61. The Balaban J connectivity index is 1.97. The molecule has 0 bridgehead atoms. The maximum absolute atomic E-state index is 13.0. The molecule has 2 rings (SSSR count). The Kier molecular flexibility index (Phi) is 4.11. The van der Waals surface area contributed by atoms with Gasteiger partial charge in [-0.05, 0) is 26.4 Å². The molecule has 5 heteroatoms. The van der Waals surface area contributed by atoms with Crippen LogP contribution >= 0.6 is 0 Å². The van der Waals surface area contributed by atoms with Crippen molar-refractivity contribution >= 4 is 5.69 Å². The van der Waals surface area contributed by atoms with Gasteiger partial charge in [-0.2, -0.15) is 0 Å². The van der Waals surface area contributed by atoms with Crippen LogP contribution in [0.15, 0.2) is 12.1 Å². The summed E-state index contributed by atoms with van der Waals surface area (Å²) in [4.78, 5) is 2.23. The zero-order valence-corrected chi connectivity index (χ0v) is 10.3. The molecule has 100 valence electrons. The number of hydrogen-bond acceptors (Lipinski definition) is 2. The minimum atomic E-state index is -1.42. The Hall–Kier alpha value is -1.23. The molecule has 1 aromatic carbocycles. The molecule has 0 saturated carbocycles. The van der Waals surface area contributed by atoms with Crippen LogP contribution in [0.4, 0.5) is 18.9 Å². The Bertz CT molecular complexity index is 400. The lowest BCUT2D eigenvalue weighted by atomic mass is 10.0. The van der Waals surface area contributed by atoms with Crippen molar-refractivity contribution in [3.8, 4) is 0 Å². The van der Waals surface area contributed by atoms with Gasteiger partial charge in [0.1, 0.15) is 0 Å². The van der Waals surface area contributed by atoms with Gasteiger partial charge in [-0.25, -0.2) is 13.2 Å². The number of piperidine rings is 1. The van der Waals surface area contributed by atoms with E-state index < -0.39 is 17.5 Å². The first kappa shape index (κ1) is 13.2. The quantitative estimate of drug-likeness (QED) is 0.838. The van der Waals surface area contributed by atoms with Crippen LogP contribution in [0.3, 0.4) is 0 Å². The van der Waals surface area contributed by atoms with Gasteiger partial charge in [0.15, 0.2) is 17.5 Å². The van der Waals surface area contributed by atoms with Crippen LogP contribution in [0.25, 0.3) is 0 Å². The lowest BCUT2D eigenvalue weighted by Gasteiger charge is -2.32. The molecule has 1 aliphatic rings. The fraction of sp³-hybridized carbons (Fsp3) is 0.538. The van der Waals surface area contributed by atoms with E-state index in [0.717, 1.165) is 25.1 Å². The predicted octanol–water partition coefficient (Wildman–Crippen LogP) is 3.00. The normalized spacial score (nSPS) is 21.0. The summed E-state index contributed by atoms with van der Waals surface area (Å²) in [5.74, 6) is -3.74. The van der Waals surface area contributed by atoms with E-state index in [1.165, 1.54) is 12.8 Å². The van der Waals surface area contributed by atoms with E-state index in [9.17, 15) is 13.2 Å². The van der Waals surface area contributed by atoms with Gasteiger partial charge in [0, 0.05) is 30.4 Å². The molecule has 0 radical (unpaired) electrons. The number of hydrogen-bond donors (Lipinski definition) is 1. The highest BCUT2D eigenvalue weighted by atomic mass is 19.2. The summed E-state index contributed by atoms with van der Waals surface area (Å²) in [6, 6.07) is 2.33. The van der Waals surface area contributed by atoms with E-state index in [0.29, 0.717) is 12.6 Å². The molecule has 1 atom stereocenters. The zero-order valence-electron chi connectivity index (χ0n) is 10.3. The molecule has 0 spiro atoms. The lowest BCUT2D eigenvalue weighted by molar-refractivity contribution is 0.194. The van der Waals surface area contributed by atoms with Crippen LogP contribution in [0.2, 0.25) is 0 Å². The van der Waals surface area contributed by atoms with Crippen molar-refractivity contribution in [2.24, 2.45) is 0 Å². The number of nitrogens with zero attached hydrogens (tertiary/aromatic N) is 1. The number of likely N-dealkylation sites (N-methyl/N-ethyl adjacent to an activating group) is 1. The molecular weight excluding hydrogens is 241 g/mol. The first-order chi connectivity index (χ1) is 8.58. The van der Waals surface area contributed by atoms with Crippen molar-refractivity contribution in [2.75, 3.05) is 25.5 Å². The molecule has 1 fully saturated rings. The SMILES string of the molecule is CN1CCCCC1CNc1cc(F)c(F)c(F)c1. The molecule has 0 aliphatic carbocycles. The van der Waals surface area contributed by atoms with Gasteiger partial charge in [0.25, 0.3) is 0 Å². The van der Waals surface area contributed by atoms with Gasteiger partial charge in [-0.1, -0.05) is 6.42 Å². The number of nitrogens with one attached hydrogen (secondary N) is 1. The Morgan fingerprint density at radius 2 is 1.89 bits per heavy atom. The molecule has 1 aliphatic heterocycles. The third kappa shape index (κ3) is 2.96. The maximum atomic E-state index is 13.0. The summed E-state index contributed by atoms with van der Waals surface area (Å²) >= 11 is 0. The lowest BCUT2D eigenvalue weighted by Crippen LogP contribution is -2.40. The van der Waals surface area contributed by atoms with E-state index >= 15 is 0 Å². The van der Waals surface area contributed by atoms with Gasteiger partial charge < -0.3 is 10.2 Å². The number of rotatable bonds is 3. The first-order valence-corrected chi connectivity index (χ1v) is 6.16. The second-order valence-corrected chi connectivity index (χ2v) is 4.76. The molecule has 18 heavy (non-hydrogen) atoms. The van der Waals surface area contributed by atoms with Crippen molar-refractivity contribution in [3.05, 3.63) is 29.6 Å². The van der Waals surface area contributed by atoms with Crippen LogP contribution in [-0.4, -0.2) is 31.1 Å². The van der Waals surface area contributed by atoms with Crippen LogP contribution < -0.4 is 5.32 Å². The fourth-order valence-corrected chi connectivity index (χ4v) is 2.30. The largest absolute Gasteiger partial charge is 0.383 e. The highest BCUT2D eigenvalue weighted by Gasteiger charge is 2.18. The molecule has 2 nitrogen and oxygen atoms in total. The monoisotopic (exact) mass is 258 g/mol. The van der Waals surface area contributed by atoms with Crippen molar-refractivity contribution in [1.29, 1.82) is 0 Å². The van der Waals surface area contributed by atoms with E-state index in [1.54, 1.807) is 0 Å². The molecule has 1 unspecified atom stereocenters. The van der Waals surface area contributed by atoms with Crippen molar-refractivity contribution in [1.82, 2.24) is 4.90 Å². The third-order valence-electron chi connectivity index (χ3n) is 3.45. The van der Waals surface area contributed by atoms with Crippen molar-refractivity contribution in [3.63, 3.8) is 0 Å². The standard InChI is InChI=1S/C13H17F3N2/c1-18-5-3-2-4-10(18)8-17-9-6-11(14)13(16)12(15)7-9/h6-7,10,17H,2-5,8H2,1H3. The zero-order chi connectivity index (χ0) is 13.1. The van der Waals surface area contributed by atoms with Crippen molar-refractivity contribution < 1.29 is 13.2 Å². The summed E-state index contributed by atoms with van der Waals surface area (Å²) in [7, 11) is 2.04. The Labute approximate surface area is 105 Å². The molecule has 1 N–H and O–H groups in total. The van der Waals surface area contributed by atoms with Gasteiger partial charge >= 0.3 is 0 Å².